The zero-order valence-electron chi connectivity index (χ0n) is 13.2. The van der Waals surface area contributed by atoms with E-state index in [-0.39, 0.29) is 11.8 Å². The van der Waals surface area contributed by atoms with E-state index >= 15 is 0 Å². The Bertz CT molecular complexity index is 860. The third-order valence-electron chi connectivity index (χ3n) is 3.81. The second-order valence-electron chi connectivity index (χ2n) is 5.55. The van der Waals surface area contributed by atoms with Crippen molar-refractivity contribution in [2.75, 3.05) is 0 Å². The maximum atomic E-state index is 11.9. The Morgan fingerprint density at radius 2 is 1.46 bits per heavy atom. The molecule has 2 amide bonds. The number of carbonyl (C=O) groups excluding carboxylic acids is 2. The van der Waals surface area contributed by atoms with E-state index in [1.54, 1.807) is 24.3 Å². The lowest BCUT2D eigenvalue weighted by Crippen LogP contribution is -2.41. The molecule has 3 aromatic rings. The molecule has 0 bridgehead atoms. The molecule has 0 aliphatic heterocycles. The van der Waals surface area contributed by atoms with Crippen LogP contribution in [0, 0.1) is 0 Å². The predicted molar refractivity (Wildman–Crippen MR) is 94.3 cm³/mol. The predicted octanol–water partition coefficient (Wildman–Crippen LogP) is 3.23. The highest BCUT2D eigenvalue weighted by Crippen LogP contribution is 2.16. The number of carbonyl (C=O) groups is 2. The van der Waals surface area contributed by atoms with Crippen molar-refractivity contribution in [1.29, 1.82) is 0 Å². The zero-order valence-corrected chi connectivity index (χ0v) is 13.2. The highest BCUT2D eigenvalue weighted by molar-refractivity contribution is 5.95. The fourth-order valence-electron chi connectivity index (χ4n) is 2.50. The van der Waals surface area contributed by atoms with Gasteiger partial charge in [-0.05, 0) is 34.9 Å². The molecule has 0 atom stereocenters. The van der Waals surface area contributed by atoms with Gasteiger partial charge in [0.25, 0.3) is 5.91 Å². The number of rotatable bonds is 4. The Morgan fingerprint density at radius 1 is 0.750 bits per heavy atom. The van der Waals surface area contributed by atoms with E-state index in [1.165, 1.54) is 5.39 Å². The fourth-order valence-corrected chi connectivity index (χ4v) is 2.50. The highest BCUT2D eigenvalue weighted by atomic mass is 16.2. The summed E-state index contributed by atoms with van der Waals surface area (Å²) in [5, 5.41) is 2.34. The van der Waals surface area contributed by atoms with Crippen molar-refractivity contribution in [3.63, 3.8) is 0 Å². The van der Waals surface area contributed by atoms with Gasteiger partial charge in [0.1, 0.15) is 0 Å². The van der Waals surface area contributed by atoms with Gasteiger partial charge in [-0.2, -0.15) is 0 Å². The summed E-state index contributed by atoms with van der Waals surface area (Å²) in [6.07, 6.45) is 0.936. The minimum absolute atomic E-state index is 0.215. The molecular weight excluding hydrogens is 300 g/mol. The standard InChI is InChI=1S/C20H18N2O2/c23-19(21-22-20(24)17-7-2-1-3-8-17)13-11-15-10-12-16-6-4-5-9-18(16)14-15/h1-10,12,14H,11,13H2,(H,21,23)(H,22,24). The molecule has 0 unspecified atom stereocenters. The summed E-state index contributed by atoms with van der Waals surface area (Å²) in [6.45, 7) is 0. The van der Waals surface area contributed by atoms with Crippen molar-refractivity contribution >= 4 is 22.6 Å². The van der Waals surface area contributed by atoms with Gasteiger partial charge >= 0.3 is 0 Å². The average molecular weight is 318 g/mol. The topological polar surface area (TPSA) is 58.2 Å². The first kappa shape index (κ1) is 15.7. The number of hydrazine groups is 1. The van der Waals surface area contributed by atoms with Crippen LogP contribution in [-0.4, -0.2) is 11.8 Å². The minimum Gasteiger partial charge on any atom is -0.273 e. The summed E-state index contributed by atoms with van der Waals surface area (Å²) >= 11 is 0. The second kappa shape index (κ2) is 7.42. The van der Waals surface area contributed by atoms with Gasteiger partial charge in [-0.3, -0.25) is 20.4 Å². The molecule has 120 valence electrons. The molecule has 0 radical (unpaired) electrons. The molecule has 0 aromatic heterocycles. The van der Waals surface area contributed by atoms with Crippen LogP contribution in [0.5, 0.6) is 0 Å². The number of fused-ring (bicyclic) bond motifs is 1. The number of benzene rings is 3. The SMILES string of the molecule is O=C(CCc1ccc2ccccc2c1)NNC(=O)c1ccccc1. The average Bonchev–Trinajstić information content (AvgIpc) is 2.65. The molecule has 0 aliphatic carbocycles. The summed E-state index contributed by atoms with van der Waals surface area (Å²) in [7, 11) is 0. The number of amides is 2. The number of nitrogens with one attached hydrogen (secondary N) is 2. The van der Waals surface area contributed by atoms with Crippen LogP contribution in [0.1, 0.15) is 22.3 Å². The number of hydrogen-bond donors (Lipinski definition) is 2. The molecule has 0 saturated carbocycles. The molecule has 4 nitrogen and oxygen atoms in total. The Kier molecular flexibility index (Phi) is 4.87. The third-order valence-corrected chi connectivity index (χ3v) is 3.81. The first-order valence-electron chi connectivity index (χ1n) is 7.84. The normalized spacial score (nSPS) is 10.3. The van der Waals surface area contributed by atoms with Crippen molar-refractivity contribution in [3.8, 4) is 0 Å². The lowest BCUT2D eigenvalue weighted by atomic mass is 10.0. The summed E-state index contributed by atoms with van der Waals surface area (Å²) in [5.41, 5.74) is 6.48. The molecule has 3 rings (SSSR count). The van der Waals surface area contributed by atoms with Crippen LogP contribution in [0.4, 0.5) is 0 Å². The lowest BCUT2D eigenvalue weighted by molar-refractivity contribution is -0.121. The molecule has 24 heavy (non-hydrogen) atoms. The van der Waals surface area contributed by atoms with Crippen molar-refractivity contribution < 1.29 is 9.59 Å². The van der Waals surface area contributed by atoms with Crippen LogP contribution in [0.25, 0.3) is 10.8 Å². The number of aryl methyl sites for hydroxylation is 1. The van der Waals surface area contributed by atoms with E-state index in [1.807, 2.05) is 24.3 Å². The van der Waals surface area contributed by atoms with Crippen molar-refractivity contribution in [2.24, 2.45) is 0 Å². The lowest BCUT2D eigenvalue weighted by Gasteiger charge is -2.08. The quantitative estimate of drug-likeness (QED) is 0.726. The van der Waals surface area contributed by atoms with Crippen LogP contribution >= 0.6 is 0 Å². The molecule has 0 fully saturated rings. The van der Waals surface area contributed by atoms with Gasteiger partial charge in [0, 0.05) is 12.0 Å². The largest absolute Gasteiger partial charge is 0.273 e. The van der Waals surface area contributed by atoms with E-state index in [2.05, 4.69) is 35.1 Å². The minimum atomic E-state index is -0.324. The smallest absolute Gasteiger partial charge is 0.269 e. The molecule has 0 spiro atoms. The molecule has 4 heteroatoms. The van der Waals surface area contributed by atoms with Crippen LogP contribution < -0.4 is 10.9 Å². The van der Waals surface area contributed by atoms with E-state index in [0.717, 1.165) is 10.9 Å². The van der Waals surface area contributed by atoms with Crippen LogP contribution in [0.15, 0.2) is 72.8 Å². The number of hydrogen-bond acceptors (Lipinski definition) is 2. The Morgan fingerprint density at radius 3 is 2.25 bits per heavy atom. The van der Waals surface area contributed by atoms with E-state index in [9.17, 15) is 9.59 Å². The highest BCUT2D eigenvalue weighted by Gasteiger charge is 2.07. The van der Waals surface area contributed by atoms with Gasteiger partial charge in [-0.15, -0.1) is 0 Å². The third kappa shape index (κ3) is 3.98. The van der Waals surface area contributed by atoms with Crippen LogP contribution in [0.2, 0.25) is 0 Å². The first-order valence-corrected chi connectivity index (χ1v) is 7.84. The first-order chi connectivity index (χ1) is 11.7. The Hall–Kier alpha value is -3.14. The molecule has 0 aliphatic rings. The Labute approximate surface area is 140 Å². The van der Waals surface area contributed by atoms with Crippen LogP contribution in [0.3, 0.4) is 0 Å². The Balaban J connectivity index is 1.50. The summed E-state index contributed by atoms with van der Waals surface area (Å²) in [4.78, 5) is 23.7. The molecule has 0 saturated heterocycles. The maximum Gasteiger partial charge on any atom is 0.269 e. The van der Waals surface area contributed by atoms with E-state index in [0.29, 0.717) is 18.4 Å². The van der Waals surface area contributed by atoms with Crippen molar-refractivity contribution in [3.05, 3.63) is 83.9 Å². The monoisotopic (exact) mass is 318 g/mol. The summed E-state index contributed by atoms with van der Waals surface area (Å²) in [5.74, 6) is -0.540. The molecule has 3 aromatic carbocycles. The summed E-state index contributed by atoms with van der Waals surface area (Å²) in [6, 6.07) is 23.1. The van der Waals surface area contributed by atoms with Gasteiger partial charge in [0.15, 0.2) is 0 Å². The van der Waals surface area contributed by atoms with Crippen molar-refractivity contribution in [1.82, 2.24) is 10.9 Å². The van der Waals surface area contributed by atoms with E-state index < -0.39 is 0 Å². The van der Waals surface area contributed by atoms with Gasteiger partial charge < -0.3 is 0 Å². The fraction of sp³-hybridized carbons (Fsp3) is 0.100. The van der Waals surface area contributed by atoms with Crippen molar-refractivity contribution in [2.45, 2.75) is 12.8 Å². The van der Waals surface area contributed by atoms with Gasteiger partial charge in [0.2, 0.25) is 5.91 Å². The van der Waals surface area contributed by atoms with Gasteiger partial charge in [-0.1, -0.05) is 60.7 Å². The maximum absolute atomic E-state index is 11.9. The second-order valence-corrected chi connectivity index (χ2v) is 5.55. The van der Waals surface area contributed by atoms with Gasteiger partial charge in [-0.25, -0.2) is 0 Å². The molecule has 0 heterocycles. The molecular formula is C20H18N2O2. The van der Waals surface area contributed by atoms with Crippen LogP contribution in [-0.2, 0) is 11.2 Å². The molecule has 2 N–H and O–H groups in total. The van der Waals surface area contributed by atoms with Gasteiger partial charge in [0.05, 0.1) is 0 Å². The van der Waals surface area contributed by atoms with E-state index in [4.69, 9.17) is 0 Å². The summed E-state index contributed by atoms with van der Waals surface area (Å²) < 4.78 is 0. The zero-order chi connectivity index (χ0) is 16.8.